The minimum atomic E-state index is 0.486. The molecule has 0 radical (unpaired) electrons. The third-order valence-electron chi connectivity index (χ3n) is 2.92. The van der Waals surface area contributed by atoms with Crippen LogP contribution in [-0.4, -0.2) is 37.3 Å². The average molecular weight is 268 g/mol. The van der Waals surface area contributed by atoms with Gasteiger partial charge in [0.15, 0.2) is 0 Å². The van der Waals surface area contributed by atoms with E-state index in [2.05, 4.69) is 22.2 Å². The fourth-order valence-corrected chi connectivity index (χ4v) is 1.92. The second kappa shape index (κ2) is 8.53. The molecule has 1 aromatic heterocycles. The summed E-state index contributed by atoms with van der Waals surface area (Å²) >= 11 is 0. The van der Waals surface area contributed by atoms with Crippen molar-refractivity contribution < 1.29 is 9.47 Å². The normalized spacial score (nSPS) is 12.0. The minimum absolute atomic E-state index is 0.486. The summed E-state index contributed by atoms with van der Waals surface area (Å²) in [7, 11) is 3.14. The predicted molar refractivity (Wildman–Crippen MR) is 75.7 cm³/mol. The summed E-state index contributed by atoms with van der Waals surface area (Å²) in [5.41, 5.74) is 5.62. The maximum atomic E-state index is 5.62. The highest BCUT2D eigenvalue weighted by molar-refractivity contribution is 5.33. The minimum Gasteiger partial charge on any atom is -0.481 e. The van der Waals surface area contributed by atoms with Gasteiger partial charge >= 0.3 is 0 Å². The van der Waals surface area contributed by atoms with Crippen LogP contribution in [0, 0.1) is 5.92 Å². The zero-order valence-corrected chi connectivity index (χ0v) is 12.0. The summed E-state index contributed by atoms with van der Waals surface area (Å²) in [6.07, 6.45) is 3.29. The topological polar surface area (TPSA) is 82.3 Å². The first-order chi connectivity index (χ1) is 9.23. The van der Waals surface area contributed by atoms with Gasteiger partial charge in [-0.15, -0.1) is 0 Å². The number of hydrogen-bond acceptors (Lipinski definition) is 6. The van der Waals surface area contributed by atoms with Crippen LogP contribution in [0.2, 0.25) is 0 Å². The van der Waals surface area contributed by atoms with Gasteiger partial charge in [-0.2, -0.15) is 9.97 Å². The molecule has 1 atom stereocenters. The summed E-state index contributed by atoms with van der Waals surface area (Å²) in [6.45, 7) is 3.69. The maximum Gasteiger partial charge on any atom is 0.229 e. The van der Waals surface area contributed by atoms with Crippen LogP contribution in [-0.2, 0) is 0 Å². The molecule has 0 aliphatic rings. The van der Waals surface area contributed by atoms with Crippen molar-refractivity contribution in [3.63, 3.8) is 0 Å². The smallest absolute Gasteiger partial charge is 0.229 e. The molecule has 6 heteroatoms. The van der Waals surface area contributed by atoms with Gasteiger partial charge in [0.1, 0.15) is 0 Å². The van der Waals surface area contributed by atoms with Crippen molar-refractivity contribution in [3.8, 4) is 11.8 Å². The Morgan fingerprint density at radius 1 is 1.21 bits per heavy atom. The third-order valence-corrected chi connectivity index (χ3v) is 2.92. The number of nitrogens with zero attached hydrogens (tertiary/aromatic N) is 2. The van der Waals surface area contributed by atoms with E-state index in [9.17, 15) is 0 Å². The summed E-state index contributed by atoms with van der Waals surface area (Å²) in [5.74, 6) is 2.03. The van der Waals surface area contributed by atoms with Gasteiger partial charge < -0.3 is 20.5 Å². The zero-order valence-electron chi connectivity index (χ0n) is 12.0. The predicted octanol–water partition coefficient (Wildman–Crippen LogP) is 1.67. The van der Waals surface area contributed by atoms with Crippen LogP contribution in [0.25, 0.3) is 0 Å². The molecule has 1 rings (SSSR count). The van der Waals surface area contributed by atoms with E-state index in [1.807, 2.05) is 0 Å². The Morgan fingerprint density at radius 2 is 1.84 bits per heavy atom. The van der Waals surface area contributed by atoms with Crippen molar-refractivity contribution >= 4 is 5.95 Å². The number of ether oxygens (including phenoxy) is 2. The van der Waals surface area contributed by atoms with Gasteiger partial charge in [-0.05, 0) is 25.3 Å². The second-order valence-corrected chi connectivity index (χ2v) is 4.39. The molecule has 0 spiro atoms. The van der Waals surface area contributed by atoms with E-state index >= 15 is 0 Å². The Bertz CT molecular complexity index is 345. The molecule has 0 saturated carbocycles. The molecular formula is C13H24N4O2. The van der Waals surface area contributed by atoms with Crippen LogP contribution in [0.5, 0.6) is 11.8 Å². The third kappa shape index (κ3) is 5.30. The molecule has 108 valence electrons. The van der Waals surface area contributed by atoms with E-state index in [-0.39, 0.29) is 0 Å². The highest BCUT2D eigenvalue weighted by atomic mass is 16.5. The molecule has 19 heavy (non-hydrogen) atoms. The highest BCUT2D eigenvalue weighted by Crippen LogP contribution is 2.18. The monoisotopic (exact) mass is 268 g/mol. The Balaban J connectivity index is 2.64. The molecule has 0 bridgehead atoms. The lowest BCUT2D eigenvalue weighted by atomic mass is 10.00. The van der Waals surface area contributed by atoms with Gasteiger partial charge in [0, 0.05) is 6.54 Å². The van der Waals surface area contributed by atoms with Crippen LogP contribution < -0.4 is 20.5 Å². The molecule has 0 aromatic carbocycles. The Morgan fingerprint density at radius 3 is 2.32 bits per heavy atom. The number of nitrogens with one attached hydrogen (secondary N) is 1. The van der Waals surface area contributed by atoms with Crippen LogP contribution >= 0.6 is 0 Å². The number of anilines is 1. The van der Waals surface area contributed by atoms with E-state index in [1.54, 1.807) is 20.3 Å². The van der Waals surface area contributed by atoms with Crippen LogP contribution in [0.1, 0.15) is 26.2 Å². The van der Waals surface area contributed by atoms with Crippen molar-refractivity contribution in [3.05, 3.63) is 6.07 Å². The average Bonchev–Trinajstić information content (AvgIpc) is 2.44. The van der Waals surface area contributed by atoms with Crippen molar-refractivity contribution in [2.75, 3.05) is 32.6 Å². The maximum absolute atomic E-state index is 5.62. The number of nitrogens with two attached hydrogens (primary N) is 1. The summed E-state index contributed by atoms with van der Waals surface area (Å²) < 4.78 is 10.2. The highest BCUT2D eigenvalue weighted by Gasteiger charge is 2.09. The molecule has 1 unspecified atom stereocenters. The molecule has 1 aromatic rings. The van der Waals surface area contributed by atoms with E-state index in [4.69, 9.17) is 15.2 Å². The number of hydrogen-bond donors (Lipinski definition) is 2. The molecular weight excluding hydrogens is 244 g/mol. The van der Waals surface area contributed by atoms with E-state index in [1.165, 1.54) is 0 Å². The lowest BCUT2D eigenvalue weighted by Crippen LogP contribution is -2.19. The Kier molecular flexibility index (Phi) is 6.95. The van der Waals surface area contributed by atoms with Crippen molar-refractivity contribution in [2.24, 2.45) is 11.7 Å². The molecule has 0 fully saturated rings. The van der Waals surface area contributed by atoms with E-state index in [0.29, 0.717) is 30.2 Å². The van der Waals surface area contributed by atoms with Gasteiger partial charge in [0.2, 0.25) is 17.7 Å². The van der Waals surface area contributed by atoms with E-state index < -0.39 is 0 Å². The largest absolute Gasteiger partial charge is 0.481 e. The van der Waals surface area contributed by atoms with Gasteiger partial charge in [-0.1, -0.05) is 13.3 Å². The number of methoxy groups -OCH3 is 2. The van der Waals surface area contributed by atoms with Crippen LogP contribution in [0.15, 0.2) is 6.07 Å². The standard InChI is InChI=1S/C13H24N4O2/c1-4-5-10(6-7-14)9-15-13-16-11(18-2)8-12(17-13)19-3/h8,10H,4-7,9,14H2,1-3H3,(H,15,16,17). The van der Waals surface area contributed by atoms with Crippen LogP contribution in [0.3, 0.4) is 0 Å². The SMILES string of the molecule is CCCC(CCN)CNc1nc(OC)cc(OC)n1. The van der Waals surface area contributed by atoms with Crippen molar-refractivity contribution in [1.82, 2.24) is 9.97 Å². The van der Waals surface area contributed by atoms with Gasteiger partial charge in [-0.3, -0.25) is 0 Å². The molecule has 3 N–H and O–H groups in total. The van der Waals surface area contributed by atoms with E-state index in [0.717, 1.165) is 25.8 Å². The number of rotatable bonds is 9. The van der Waals surface area contributed by atoms with Crippen LogP contribution in [0.4, 0.5) is 5.95 Å². The molecule has 1 heterocycles. The van der Waals surface area contributed by atoms with Crippen molar-refractivity contribution in [2.45, 2.75) is 26.2 Å². The molecule has 0 saturated heterocycles. The Labute approximate surface area is 114 Å². The summed E-state index contributed by atoms with van der Waals surface area (Å²) in [6, 6.07) is 1.65. The zero-order chi connectivity index (χ0) is 14.1. The summed E-state index contributed by atoms with van der Waals surface area (Å²) in [4.78, 5) is 8.47. The number of aromatic nitrogens is 2. The molecule has 0 aliphatic heterocycles. The molecule has 0 aliphatic carbocycles. The quantitative estimate of drug-likeness (QED) is 0.709. The Hall–Kier alpha value is -1.56. The first-order valence-electron chi connectivity index (χ1n) is 6.64. The van der Waals surface area contributed by atoms with Gasteiger partial charge in [-0.25, -0.2) is 0 Å². The fraction of sp³-hybridized carbons (Fsp3) is 0.692. The first kappa shape index (κ1) is 15.5. The second-order valence-electron chi connectivity index (χ2n) is 4.39. The van der Waals surface area contributed by atoms with Gasteiger partial charge in [0.25, 0.3) is 0 Å². The van der Waals surface area contributed by atoms with Gasteiger partial charge in [0.05, 0.1) is 20.3 Å². The van der Waals surface area contributed by atoms with Crippen molar-refractivity contribution in [1.29, 1.82) is 0 Å². The first-order valence-corrected chi connectivity index (χ1v) is 6.64. The lowest BCUT2D eigenvalue weighted by Gasteiger charge is -2.16. The summed E-state index contributed by atoms with van der Waals surface area (Å²) in [5, 5.41) is 3.23. The fourth-order valence-electron chi connectivity index (χ4n) is 1.92. The lowest BCUT2D eigenvalue weighted by molar-refractivity contribution is 0.372. The molecule has 0 amide bonds. The molecule has 6 nitrogen and oxygen atoms in total.